The summed E-state index contributed by atoms with van der Waals surface area (Å²) in [6.07, 6.45) is 1.89. The minimum atomic E-state index is -2.08. The molecule has 0 aliphatic rings. The normalized spacial score (nSPS) is 15.1. The highest BCUT2D eigenvalue weighted by Gasteiger charge is 2.64. The summed E-state index contributed by atoms with van der Waals surface area (Å²) in [5.41, 5.74) is 1.32. The van der Waals surface area contributed by atoms with E-state index in [1.54, 1.807) is 0 Å². The molecule has 124 valence electrons. The Bertz CT molecular complexity index is 494. The van der Waals surface area contributed by atoms with Gasteiger partial charge in [-0.2, -0.15) is 0 Å². The fourth-order valence-electron chi connectivity index (χ4n) is 5.25. The van der Waals surface area contributed by atoms with Gasteiger partial charge in [0.15, 0.2) is 0 Å². The van der Waals surface area contributed by atoms with E-state index < -0.39 is 29.4 Å². The standard InChI is InChI=1S/C17H33FSi4/c1-19(2,3)22(20(4,5)6,21(7,8)9)17(18)15-16-13-11-10-12-14-16/h10-15H,1-9H3/b17-15-. The number of hydrogen-bond donors (Lipinski definition) is 0. The molecule has 0 aliphatic carbocycles. The Morgan fingerprint density at radius 3 is 1.41 bits per heavy atom. The van der Waals surface area contributed by atoms with Crippen LogP contribution in [-0.4, -0.2) is 29.4 Å². The third-order valence-corrected chi connectivity index (χ3v) is 75.3. The molecule has 0 saturated carbocycles. The molecule has 0 aromatic heterocycles. The Balaban J connectivity index is 3.68. The fraction of sp³-hybridized carbons (Fsp3) is 0.529. The first kappa shape index (κ1) is 19.8. The molecule has 0 nitrogen and oxygen atoms in total. The Labute approximate surface area is 140 Å². The van der Waals surface area contributed by atoms with E-state index in [2.05, 4.69) is 58.9 Å². The maximum atomic E-state index is 15.9. The van der Waals surface area contributed by atoms with E-state index in [1.807, 2.05) is 36.4 Å². The molecule has 0 spiro atoms. The van der Waals surface area contributed by atoms with Crippen molar-refractivity contribution in [1.82, 2.24) is 0 Å². The number of hydrogen-bond acceptors (Lipinski definition) is 0. The molecule has 1 rings (SSSR count). The molecular weight excluding hydrogens is 336 g/mol. The number of rotatable bonds is 5. The molecule has 1 aromatic carbocycles. The zero-order valence-electron chi connectivity index (χ0n) is 15.8. The summed E-state index contributed by atoms with van der Waals surface area (Å²) >= 11 is 0. The van der Waals surface area contributed by atoms with Gasteiger partial charge >= 0.3 is 0 Å². The van der Waals surface area contributed by atoms with Gasteiger partial charge in [-0.3, -0.25) is 0 Å². The van der Waals surface area contributed by atoms with Crippen molar-refractivity contribution < 1.29 is 4.39 Å². The van der Waals surface area contributed by atoms with E-state index in [9.17, 15) is 0 Å². The van der Waals surface area contributed by atoms with E-state index in [0.29, 0.717) is 5.45 Å². The predicted molar refractivity (Wildman–Crippen MR) is 111 cm³/mol. The second-order valence-corrected chi connectivity index (χ2v) is 49.6. The van der Waals surface area contributed by atoms with Gasteiger partial charge in [0.1, 0.15) is 6.63 Å². The van der Waals surface area contributed by atoms with Gasteiger partial charge in [0.2, 0.25) is 0 Å². The fourth-order valence-corrected chi connectivity index (χ4v) is 103. The molecule has 5 heteroatoms. The highest BCUT2D eigenvalue weighted by Crippen LogP contribution is 2.43. The predicted octanol–water partition coefficient (Wildman–Crippen LogP) is 6.23. The molecule has 0 N–H and O–H groups in total. The van der Waals surface area contributed by atoms with Crippen molar-refractivity contribution in [1.29, 1.82) is 0 Å². The molecule has 0 aliphatic heterocycles. The van der Waals surface area contributed by atoms with Crippen LogP contribution in [0, 0.1) is 0 Å². The first-order valence-corrected chi connectivity index (χ1v) is 23.7. The summed E-state index contributed by atoms with van der Waals surface area (Å²) in [6, 6.07) is 10.0. The topological polar surface area (TPSA) is 0 Å². The third-order valence-electron chi connectivity index (χ3n) is 4.83. The zero-order chi connectivity index (χ0) is 17.4. The molecular formula is C17H33FSi4. The first-order chi connectivity index (χ1) is 9.75. The maximum Gasteiger partial charge on any atom is 0.103 e. The van der Waals surface area contributed by atoms with Crippen molar-refractivity contribution >= 4 is 35.5 Å². The van der Waals surface area contributed by atoms with E-state index >= 15 is 4.39 Å². The highest BCUT2D eigenvalue weighted by molar-refractivity contribution is 7.91. The smallest absolute Gasteiger partial charge is 0.103 e. The van der Waals surface area contributed by atoms with Gasteiger partial charge in [-0.1, -0.05) is 89.3 Å². The molecule has 0 fully saturated rings. The molecule has 0 heterocycles. The van der Waals surface area contributed by atoms with Crippen LogP contribution in [0.5, 0.6) is 0 Å². The second-order valence-electron chi connectivity index (χ2n) is 9.40. The van der Waals surface area contributed by atoms with Gasteiger partial charge in [0, 0.05) is 22.8 Å². The van der Waals surface area contributed by atoms with Gasteiger partial charge in [0.25, 0.3) is 0 Å². The second kappa shape index (κ2) is 6.34. The molecule has 0 bridgehead atoms. The summed E-state index contributed by atoms with van der Waals surface area (Å²) < 4.78 is 15.9. The SMILES string of the molecule is C[Si](C)(C)[Si](/C(F)=C\c1ccccc1)([Si](C)(C)C)[Si](C)(C)C. The first-order valence-electron chi connectivity index (χ1n) is 8.18. The summed E-state index contributed by atoms with van der Waals surface area (Å²) in [7, 11) is -4.82. The van der Waals surface area contributed by atoms with Gasteiger partial charge in [-0.05, 0) is 11.6 Å². The summed E-state index contributed by atoms with van der Waals surface area (Å²) in [6.45, 7) is 19.7. The molecule has 0 radical (unpaired) electrons. The largest absolute Gasteiger partial charge is 0.218 e. The molecule has 0 unspecified atom stereocenters. The summed E-state index contributed by atoms with van der Waals surface area (Å²) in [5, 5.41) is 0. The molecule has 0 atom stereocenters. The molecule has 0 amide bonds. The van der Waals surface area contributed by atoms with Gasteiger partial charge in [-0.15, -0.1) is 0 Å². The molecule has 22 heavy (non-hydrogen) atoms. The van der Waals surface area contributed by atoms with Crippen molar-refractivity contribution in [2.24, 2.45) is 0 Å². The molecule has 1 aromatic rings. The maximum absolute atomic E-state index is 15.9. The average molecular weight is 369 g/mol. The van der Waals surface area contributed by atoms with Crippen molar-refractivity contribution in [2.45, 2.75) is 58.9 Å². The van der Waals surface area contributed by atoms with E-state index in [4.69, 9.17) is 0 Å². The lowest BCUT2D eigenvalue weighted by molar-refractivity contribution is 0.696. The lowest BCUT2D eigenvalue weighted by atomic mass is 10.2. The van der Waals surface area contributed by atoms with Gasteiger partial charge < -0.3 is 0 Å². The van der Waals surface area contributed by atoms with Crippen LogP contribution in [0.4, 0.5) is 4.39 Å². The van der Waals surface area contributed by atoms with Crippen LogP contribution in [0.2, 0.25) is 58.9 Å². The Hall–Kier alpha value is -0.242. The van der Waals surface area contributed by atoms with Crippen LogP contribution in [0.3, 0.4) is 0 Å². The van der Waals surface area contributed by atoms with E-state index in [0.717, 1.165) is 5.56 Å². The van der Waals surface area contributed by atoms with Crippen LogP contribution in [-0.2, 0) is 0 Å². The minimum Gasteiger partial charge on any atom is -0.218 e. The van der Waals surface area contributed by atoms with E-state index in [-0.39, 0.29) is 0 Å². The van der Waals surface area contributed by atoms with Crippen molar-refractivity contribution in [3.8, 4) is 0 Å². The van der Waals surface area contributed by atoms with Crippen molar-refractivity contribution in [3.05, 3.63) is 41.3 Å². The number of benzene rings is 1. The monoisotopic (exact) mass is 368 g/mol. The van der Waals surface area contributed by atoms with Crippen LogP contribution in [0.15, 0.2) is 35.8 Å². The van der Waals surface area contributed by atoms with E-state index in [1.165, 1.54) is 0 Å². The van der Waals surface area contributed by atoms with Crippen molar-refractivity contribution in [3.63, 3.8) is 0 Å². The highest BCUT2D eigenvalue weighted by atomic mass is 29.9. The van der Waals surface area contributed by atoms with Gasteiger partial charge in [-0.25, -0.2) is 4.39 Å². The lowest BCUT2D eigenvalue weighted by Gasteiger charge is -2.56. The van der Waals surface area contributed by atoms with Crippen LogP contribution in [0.25, 0.3) is 6.08 Å². The summed E-state index contributed by atoms with van der Waals surface area (Å²) in [4.78, 5) is 0. The quantitative estimate of drug-likeness (QED) is 0.540. The summed E-state index contributed by atoms with van der Waals surface area (Å²) in [5.74, 6) is 0. The Morgan fingerprint density at radius 1 is 0.727 bits per heavy atom. The van der Waals surface area contributed by atoms with Crippen LogP contribution in [0.1, 0.15) is 5.56 Å². The number of halogens is 1. The Kier molecular flexibility index (Phi) is 5.70. The van der Waals surface area contributed by atoms with Crippen molar-refractivity contribution in [2.75, 3.05) is 0 Å². The average Bonchev–Trinajstić information content (AvgIpc) is 2.24. The lowest BCUT2D eigenvalue weighted by Crippen LogP contribution is -2.83. The minimum absolute atomic E-state index is 0.302. The zero-order valence-corrected chi connectivity index (χ0v) is 19.8. The molecule has 0 saturated heterocycles. The van der Waals surface area contributed by atoms with Crippen LogP contribution >= 0.6 is 0 Å². The van der Waals surface area contributed by atoms with Gasteiger partial charge in [0.05, 0.1) is 5.45 Å². The third kappa shape index (κ3) is 3.47. The van der Waals surface area contributed by atoms with Crippen LogP contribution < -0.4 is 0 Å². The Morgan fingerprint density at radius 2 is 1.09 bits per heavy atom.